The summed E-state index contributed by atoms with van der Waals surface area (Å²) in [7, 11) is -3.51. The van der Waals surface area contributed by atoms with Gasteiger partial charge in [0.2, 0.25) is 10.0 Å². The number of nitrogens with one attached hydrogen (secondary N) is 1. The fraction of sp³-hybridized carbons (Fsp3) is 0.333. The lowest BCUT2D eigenvalue weighted by Gasteiger charge is -2.32. The standard InChI is InChI=1S/C18H20BrN3O3S/c19-16-1-3-17(4-2-16)26(24,25)21-13-14-7-11-22(12-8-14)18(23)15-5-9-20-10-6-15/h1-6,9-10,14,21H,7-8,11-13H2. The summed E-state index contributed by atoms with van der Waals surface area (Å²) < 4.78 is 28.2. The summed E-state index contributed by atoms with van der Waals surface area (Å²) in [5, 5.41) is 0. The number of aromatic nitrogens is 1. The van der Waals surface area contributed by atoms with Gasteiger partial charge in [0.15, 0.2) is 0 Å². The van der Waals surface area contributed by atoms with Gasteiger partial charge in [-0.25, -0.2) is 13.1 Å². The zero-order valence-electron chi connectivity index (χ0n) is 14.1. The van der Waals surface area contributed by atoms with Gasteiger partial charge < -0.3 is 4.90 Å². The molecular formula is C18H20BrN3O3S. The summed E-state index contributed by atoms with van der Waals surface area (Å²) in [5.74, 6) is 0.225. The largest absolute Gasteiger partial charge is 0.339 e. The predicted octanol–water partition coefficient (Wildman–Crippen LogP) is 2.67. The normalized spacial score (nSPS) is 15.8. The van der Waals surface area contributed by atoms with Crippen LogP contribution in [0.15, 0.2) is 58.2 Å². The van der Waals surface area contributed by atoms with Crippen molar-refractivity contribution in [3.05, 3.63) is 58.8 Å². The number of hydrogen-bond donors (Lipinski definition) is 1. The Bertz CT molecular complexity index is 849. The van der Waals surface area contributed by atoms with Gasteiger partial charge in [-0.2, -0.15) is 0 Å². The van der Waals surface area contributed by atoms with E-state index in [1.54, 1.807) is 48.8 Å². The van der Waals surface area contributed by atoms with Crippen molar-refractivity contribution in [1.82, 2.24) is 14.6 Å². The second kappa shape index (κ2) is 8.28. The molecule has 1 amide bonds. The van der Waals surface area contributed by atoms with E-state index in [2.05, 4.69) is 25.6 Å². The molecule has 0 spiro atoms. The Hall–Kier alpha value is -1.77. The van der Waals surface area contributed by atoms with Crippen molar-refractivity contribution in [2.75, 3.05) is 19.6 Å². The first-order valence-corrected chi connectivity index (χ1v) is 10.7. The zero-order valence-corrected chi connectivity index (χ0v) is 16.5. The van der Waals surface area contributed by atoms with Gasteiger partial charge in [-0.05, 0) is 55.2 Å². The van der Waals surface area contributed by atoms with E-state index in [0.29, 0.717) is 25.2 Å². The molecule has 0 saturated carbocycles. The molecule has 26 heavy (non-hydrogen) atoms. The number of pyridine rings is 1. The van der Waals surface area contributed by atoms with Crippen LogP contribution in [0.4, 0.5) is 0 Å². The number of nitrogens with zero attached hydrogens (tertiary/aromatic N) is 2. The highest BCUT2D eigenvalue weighted by molar-refractivity contribution is 9.10. The zero-order chi connectivity index (χ0) is 18.6. The van der Waals surface area contributed by atoms with E-state index < -0.39 is 10.0 Å². The highest BCUT2D eigenvalue weighted by Gasteiger charge is 2.25. The van der Waals surface area contributed by atoms with E-state index in [9.17, 15) is 13.2 Å². The topological polar surface area (TPSA) is 79.4 Å². The maximum Gasteiger partial charge on any atom is 0.253 e. The van der Waals surface area contributed by atoms with Gasteiger partial charge in [0.25, 0.3) is 5.91 Å². The average molecular weight is 438 g/mol. The second-order valence-corrected chi connectivity index (χ2v) is 8.96. The number of carbonyl (C=O) groups excluding carboxylic acids is 1. The van der Waals surface area contributed by atoms with E-state index in [4.69, 9.17) is 0 Å². The Kier molecular flexibility index (Phi) is 6.05. The van der Waals surface area contributed by atoms with E-state index in [0.717, 1.165) is 17.3 Å². The average Bonchev–Trinajstić information content (AvgIpc) is 2.67. The molecular weight excluding hydrogens is 418 g/mol. The molecule has 2 aromatic rings. The van der Waals surface area contributed by atoms with Crippen LogP contribution in [0.5, 0.6) is 0 Å². The molecule has 1 saturated heterocycles. The smallest absolute Gasteiger partial charge is 0.253 e. The summed E-state index contributed by atoms with van der Waals surface area (Å²) in [4.78, 5) is 18.4. The maximum absolute atomic E-state index is 12.4. The van der Waals surface area contributed by atoms with Crippen molar-refractivity contribution in [2.45, 2.75) is 17.7 Å². The Morgan fingerprint density at radius 1 is 1.12 bits per heavy atom. The summed E-state index contributed by atoms with van der Waals surface area (Å²) in [6, 6.07) is 9.97. The van der Waals surface area contributed by atoms with Crippen molar-refractivity contribution in [3.63, 3.8) is 0 Å². The fourth-order valence-electron chi connectivity index (χ4n) is 2.94. The second-order valence-electron chi connectivity index (χ2n) is 6.28. The highest BCUT2D eigenvalue weighted by Crippen LogP contribution is 2.20. The summed E-state index contributed by atoms with van der Waals surface area (Å²) >= 11 is 3.30. The summed E-state index contributed by atoms with van der Waals surface area (Å²) in [5.41, 5.74) is 0.634. The number of hydrogen-bond acceptors (Lipinski definition) is 4. The molecule has 1 aliphatic heterocycles. The minimum absolute atomic E-state index is 0.00120. The lowest BCUT2D eigenvalue weighted by atomic mass is 9.97. The van der Waals surface area contributed by atoms with Crippen LogP contribution in [-0.4, -0.2) is 43.8 Å². The molecule has 2 heterocycles. The fourth-order valence-corrected chi connectivity index (χ4v) is 4.32. The molecule has 6 nitrogen and oxygen atoms in total. The van der Waals surface area contributed by atoms with Crippen LogP contribution >= 0.6 is 15.9 Å². The highest BCUT2D eigenvalue weighted by atomic mass is 79.9. The molecule has 1 aliphatic rings. The number of rotatable bonds is 5. The van der Waals surface area contributed by atoms with Crippen LogP contribution in [-0.2, 0) is 10.0 Å². The molecule has 1 fully saturated rings. The Balaban J connectivity index is 1.51. The van der Waals surface area contributed by atoms with Crippen molar-refractivity contribution in [3.8, 4) is 0 Å². The van der Waals surface area contributed by atoms with Crippen molar-refractivity contribution < 1.29 is 13.2 Å². The molecule has 8 heteroatoms. The van der Waals surface area contributed by atoms with Gasteiger partial charge in [-0.1, -0.05) is 15.9 Å². The number of halogens is 1. The van der Waals surface area contributed by atoms with E-state index in [1.165, 1.54) is 0 Å². The third-order valence-corrected chi connectivity index (χ3v) is 6.48. The third kappa shape index (κ3) is 4.69. The molecule has 1 N–H and O–H groups in total. The number of sulfonamides is 1. The van der Waals surface area contributed by atoms with Gasteiger partial charge in [-0.15, -0.1) is 0 Å². The van der Waals surface area contributed by atoms with Crippen molar-refractivity contribution >= 4 is 31.9 Å². The summed E-state index contributed by atoms with van der Waals surface area (Å²) in [6.07, 6.45) is 4.77. The monoisotopic (exact) mass is 437 g/mol. The van der Waals surface area contributed by atoms with E-state index in [-0.39, 0.29) is 16.7 Å². The Morgan fingerprint density at radius 2 is 1.73 bits per heavy atom. The minimum Gasteiger partial charge on any atom is -0.339 e. The van der Waals surface area contributed by atoms with Gasteiger partial charge in [0, 0.05) is 42.1 Å². The predicted molar refractivity (Wildman–Crippen MR) is 102 cm³/mol. The number of benzene rings is 1. The van der Waals surface area contributed by atoms with Crippen molar-refractivity contribution in [2.24, 2.45) is 5.92 Å². The van der Waals surface area contributed by atoms with E-state index >= 15 is 0 Å². The third-order valence-electron chi connectivity index (χ3n) is 4.51. The lowest BCUT2D eigenvalue weighted by Crippen LogP contribution is -2.41. The molecule has 3 rings (SSSR count). The first kappa shape index (κ1) is 19.0. The van der Waals surface area contributed by atoms with E-state index in [1.807, 2.05) is 4.90 Å². The quantitative estimate of drug-likeness (QED) is 0.779. The minimum atomic E-state index is -3.51. The van der Waals surface area contributed by atoms with Crippen LogP contribution in [0.1, 0.15) is 23.2 Å². The summed E-state index contributed by atoms with van der Waals surface area (Å²) in [6.45, 7) is 1.65. The molecule has 0 radical (unpaired) electrons. The van der Waals surface area contributed by atoms with Gasteiger partial charge in [-0.3, -0.25) is 9.78 Å². The van der Waals surface area contributed by atoms with Crippen LogP contribution in [0.3, 0.4) is 0 Å². The number of piperidine rings is 1. The Morgan fingerprint density at radius 3 is 2.35 bits per heavy atom. The first-order valence-electron chi connectivity index (χ1n) is 8.40. The molecule has 1 aromatic carbocycles. The van der Waals surface area contributed by atoms with Crippen LogP contribution in [0, 0.1) is 5.92 Å². The lowest BCUT2D eigenvalue weighted by molar-refractivity contribution is 0.0692. The SMILES string of the molecule is O=C(c1ccncc1)N1CCC(CNS(=O)(=O)c2ccc(Br)cc2)CC1. The molecule has 0 bridgehead atoms. The molecule has 1 aromatic heterocycles. The van der Waals surface area contributed by atoms with Gasteiger partial charge >= 0.3 is 0 Å². The van der Waals surface area contributed by atoms with Crippen molar-refractivity contribution in [1.29, 1.82) is 0 Å². The molecule has 138 valence electrons. The number of amides is 1. The first-order chi connectivity index (χ1) is 12.5. The van der Waals surface area contributed by atoms with Gasteiger partial charge in [0.1, 0.15) is 0 Å². The van der Waals surface area contributed by atoms with Gasteiger partial charge in [0.05, 0.1) is 4.90 Å². The Labute approximate surface area is 161 Å². The van der Waals surface area contributed by atoms with Crippen LogP contribution in [0.25, 0.3) is 0 Å². The van der Waals surface area contributed by atoms with Crippen LogP contribution < -0.4 is 4.72 Å². The number of carbonyl (C=O) groups is 1. The number of likely N-dealkylation sites (tertiary alicyclic amines) is 1. The molecule has 0 atom stereocenters. The molecule has 0 unspecified atom stereocenters. The molecule has 0 aliphatic carbocycles. The maximum atomic E-state index is 12.4. The van der Waals surface area contributed by atoms with Crippen LogP contribution in [0.2, 0.25) is 0 Å².